The van der Waals surface area contributed by atoms with Crippen LogP contribution in [-0.2, 0) is 0 Å². The molecule has 0 spiro atoms. The van der Waals surface area contributed by atoms with Crippen LogP contribution in [0, 0.1) is 0 Å². The molecule has 2 aliphatic heterocycles. The average molecular weight is 336 g/mol. The van der Waals surface area contributed by atoms with Crippen molar-refractivity contribution in [3.8, 4) is 0 Å². The van der Waals surface area contributed by atoms with Gasteiger partial charge in [0.2, 0.25) is 5.11 Å². The summed E-state index contributed by atoms with van der Waals surface area (Å²) in [5, 5.41) is 30.8. The van der Waals surface area contributed by atoms with E-state index in [4.69, 9.17) is 12.2 Å². The summed E-state index contributed by atoms with van der Waals surface area (Å²) in [5.74, 6) is 0.290. The van der Waals surface area contributed by atoms with Crippen LogP contribution >= 0.6 is 12.2 Å². The van der Waals surface area contributed by atoms with Crippen LogP contribution < -0.4 is 4.90 Å². The van der Waals surface area contributed by atoms with E-state index >= 15 is 0 Å². The van der Waals surface area contributed by atoms with E-state index in [1.165, 1.54) is 12.4 Å². The van der Waals surface area contributed by atoms with Gasteiger partial charge in [-0.05, 0) is 29.7 Å². The molecule has 7 heteroatoms. The number of hydroxylamine groups is 2. The second-order valence-electron chi connectivity index (χ2n) is 5.26. The first-order valence-electron chi connectivity index (χ1n) is 7.19. The number of hydrogen-bond acceptors (Lipinski definition) is 5. The maximum absolute atomic E-state index is 10.1. The molecule has 0 bridgehead atoms. The van der Waals surface area contributed by atoms with E-state index in [2.05, 4.69) is 10.2 Å². The van der Waals surface area contributed by atoms with Gasteiger partial charge >= 0.3 is 0 Å². The smallest absolute Gasteiger partial charge is 0.226 e. The molecule has 4 rings (SSSR count). The summed E-state index contributed by atoms with van der Waals surface area (Å²) in [5.41, 5.74) is 1.26. The van der Waals surface area contributed by atoms with Gasteiger partial charge in [-0.1, -0.05) is 36.4 Å². The lowest BCUT2D eigenvalue weighted by Gasteiger charge is -2.22. The minimum atomic E-state index is -0.121. The molecule has 0 aromatic heterocycles. The Morgan fingerprint density at radius 2 is 1.79 bits per heavy atom. The first-order valence-corrected chi connectivity index (χ1v) is 7.60. The van der Waals surface area contributed by atoms with E-state index in [1.807, 2.05) is 42.5 Å². The third-order valence-corrected chi connectivity index (χ3v) is 4.07. The Morgan fingerprint density at radius 1 is 1.00 bits per heavy atom. The second kappa shape index (κ2) is 5.55. The number of nitrogens with zero attached hydrogens (tertiary/aromatic N) is 4. The molecule has 0 radical (unpaired) electrons. The lowest BCUT2D eigenvalue weighted by Crippen LogP contribution is -2.24. The number of benzene rings is 2. The fraction of sp³-hybridized carbons (Fsp3) is 0. The van der Waals surface area contributed by atoms with Gasteiger partial charge in [0.1, 0.15) is 5.76 Å². The Labute approximate surface area is 142 Å². The van der Waals surface area contributed by atoms with Crippen molar-refractivity contribution in [2.24, 2.45) is 10.2 Å². The molecule has 0 atom stereocenters. The Kier molecular flexibility index (Phi) is 3.37. The maximum Gasteiger partial charge on any atom is 0.226 e. The summed E-state index contributed by atoms with van der Waals surface area (Å²) in [7, 11) is 0. The summed E-state index contributed by atoms with van der Waals surface area (Å²) in [6.45, 7) is 0. The summed E-state index contributed by atoms with van der Waals surface area (Å²) in [6, 6.07) is 13.8. The molecule has 2 aromatic carbocycles. The van der Waals surface area contributed by atoms with Crippen LogP contribution in [0.5, 0.6) is 0 Å². The number of rotatable bonds is 1. The van der Waals surface area contributed by atoms with Crippen molar-refractivity contribution in [2.75, 3.05) is 4.90 Å². The van der Waals surface area contributed by atoms with Crippen molar-refractivity contribution in [1.29, 1.82) is 0 Å². The minimum absolute atomic E-state index is 0.121. The molecule has 0 saturated carbocycles. The number of aliphatic hydroxyl groups excluding tert-OH is 1. The normalized spacial score (nSPS) is 20.2. The number of anilines is 1. The quantitative estimate of drug-likeness (QED) is 0.763. The van der Waals surface area contributed by atoms with Crippen molar-refractivity contribution in [1.82, 2.24) is 5.06 Å². The molecular weight excluding hydrogens is 324 g/mol. The molecule has 6 nitrogen and oxygen atoms in total. The molecule has 2 heterocycles. The monoisotopic (exact) mass is 336 g/mol. The van der Waals surface area contributed by atoms with Crippen LogP contribution in [0.25, 0.3) is 10.8 Å². The fourth-order valence-corrected chi connectivity index (χ4v) is 2.95. The summed E-state index contributed by atoms with van der Waals surface area (Å²) in [6.07, 6.45) is 4.14. The van der Waals surface area contributed by atoms with Crippen molar-refractivity contribution < 1.29 is 10.3 Å². The number of fused-ring (bicyclic) bond motifs is 1. The zero-order chi connectivity index (χ0) is 16.7. The van der Waals surface area contributed by atoms with Crippen molar-refractivity contribution in [2.45, 2.75) is 0 Å². The molecule has 0 amide bonds. The topological polar surface area (TPSA) is 71.7 Å². The van der Waals surface area contributed by atoms with Crippen molar-refractivity contribution in [3.05, 3.63) is 78.1 Å². The summed E-state index contributed by atoms with van der Waals surface area (Å²) >= 11 is 5.34. The van der Waals surface area contributed by atoms with E-state index in [9.17, 15) is 10.3 Å². The van der Waals surface area contributed by atoms with Gasteiger partial charge in [0.05, 0.1) is 17.5 Å². The molecular formula is C17H12N4O2S. The lowest BCUT2D eigenvalue weighted by atomic mass is 10.1. The Bertz CT molecular complexity index is 972. The van der Waals surface area contributed by atoms with Crippen LogP contribution in [0.2, 0.25) is 0 Å². The number of aliphatic hydroxyl groups is 1. The van der Waals surface area contributed by atoms with Crippen molar-refractivity contribution in [3.63, 3.8) is 0 Å². The zero-order valence-corrected chi connectivity index (χ0v) is 13.2. The van der Waals surface area contributed by atoms with Crippen LogP contribution in [0.15, 0.2) is 88.3 Å². The van der Waals surface area contributed by atoms with E-state index < -0.39 is 0 Å². The highest BCUT2D eigenvalue weighted by Crippen LogP contribution is 2.35. The second-order valence-corrected chi connectivity index (χ2v) is 5.63. The van der Waals surface area contributed by atoms with E-state index in [0.29, 0.717) is 16.5 Å². The molecule has 0 fully saturated rings. The number of hydrogen-bond donors (Lipinski definition) is 2. The molecule has 0 aliphatic carbocycles. The highest BCUT2D eigenvalue weighted by atomic mass is 32.1. The van der Waals surface area contributed by atoms with Crippen LogP contribution in [0.1, 0.15) is 0 Å². The van der Waals surface area contributed by atoms with Gasteiger partial charge < -0.3 is 5.11 Å². The van der Waals surface area contributed by atoms with Gasteiger partial charge in [-0.2, -0.15) is 0 Å². The van der Waals surface area contributed by atoms with Gasteiger partial charge in [0, 0.05) is 11.6 Å². The van der Waals surface area contributed by atoms with Gasteiger partial charge in [-0.15, -0.1) is 10.2 Å². The summed E-state index contributed by atoms with van der Waals surface area (Å²) in [4.78, 5) is 1.72. The predicted molar refractivity (Wildman–Crippen MR) is 94.4 cm³/mol. The van der Waals surface area contributed by atoms with Gasteiger partial charge in [-0.25, -0.2) is 5.06 Å². The fourth-order valence-electron chi connectivity index (χ4n) is 2.73. The number of allylic oxidation sites excluding steroid dienone is 1. The molecule has 24 heavy (non-hydrogen) atoms. The van der Waals surface area contributed by atoms with Crippen LogP contribution in [0.3, 0.4) is 0 Å². The van der Waals surface area contributed by atoms with E-state index in [0.717, 1.165) is 21.5 Å². The SMILES string of the molecule is OC1=CN(O)C=C/C1=C1/N=NC(=S)N1c1cccc2ccccc12. The summed E-state index contributed by atoms with van der Waals surface area (Å²) < 4.78 is 0. The largest absolute Gasteiger partial charge is 0.506 e. The highest BCUT2D eigenvalue weighted by molar-refractivity contribution is 7.80. The standard InChI is InChI=1S/C17H12N4O2S/c22-15-10-20(23)9-8-13(15)16-18-19-17(24)21(16)14-7-3-5-11-4-1-2-6-12(11)14/h1-10,22-23H/b16-13+. The minimum Gasteiger partial charge on any atom is -0.506 e. The van der Waals surface area contributed by atoms with Crippen molar-refractivity contribution >= 4 is 33.8 Å². The molecule has 118 valence electrons. The first kappa shape index (κ1) is 14.6. The number of thiocarbonyl (C=S) groups is 1. The van der Waals surface area contributed by atoms with Gasteiger partial charge in [0.25, 0.3) is 0 Å². The maximum atomic E-state index is 10.1. The highest BCUT2D eigenvalue weighted by Gasteiger charge is 2.28. The Morgan fingerprint density at radius 3 is 2.62 bits per heavy atom. The third kappa shape index (κ3) is 2.27. The van der Waals surface area contributed by atoms with Crippen LogP contribution in [-0.4, -0.2) is 20.5 Å². The van der Waals surface area contributed by atoms with E-state index in [-0.39, 0.29) is 5.76 Å². The molecule has 2 N–H and O–H groups in total. The zero-order valence-electron chi connectivity index (χ0n) is 12.4. The Balaban J connectivity index is 1.92. The molecule has 2 aromatic rings. The third-order valence-electron chi connectivity index (χ3n) is 3.81. The van der Waals surface area contributed by atoms with Gasteiger partial charge in [0.15, 0.2) is 5.82 Å². The Hall–Kier alpha value is -3.03. The predicted octanol–water partition coefficient (Wildman–Crippen LogP) is 4.23. The van der Waals surface area contributed by atoms with E-state index in [1.54, 1.807) is 11.0 Å². The average Bonchev–Trinajstić information content (AvgIpc) is 2.95. The number of azo groups is 1. The molecule has 0 unspecified atom stereocenters. The van der Waals surface area contributed by atoms with Crippen LogP contribution in [0.4, 0.5) is 5.69 Å². The molecule has 2 aliphatic rings. The molecule has 0 saturated heterocycles. The lowest BCUT2D eigenvalue weighted by molar-refractivity contribution is 0.00650. The first-order chi connectivity index (χ1) is 11.6. The van der Waals surface area contributed by atoms with Gasteiger partial charge in [-0.3, -0.25) is 10.1 Å².